The number of aryl methyl sites for hydroxylation is 1. The maximum absolute atomic E-state index is 12.0. The van der Waals surface area contributed by atoms with Gasteiger partial charge in [-0.3, -0.25) is 0 Å². The number of benzene rings is 2. The van der Waals surface area contributed by atoms with Crippen LogP contribution in [0.5, 0.6) is 11.5 Å². The average molecular weight is 326 g/mol. The first kappa shape index (κ1) is 17.6. The van der Waals surface area contributed by atoms with Gasteiger partial charge in [0, 0.05) is 6.08 Å². The van der Waals surface area contributed by atoms with Gasteiger partial charge in [-0.2, -0.15) is 0 Å². The van der Waals surface area contributed by atoms with E-state index >= 15 is 0 Å². The molecule has 2 rings (SSSR count). The van der Waals surface area contributed by atoms with Crippen LogP contribution in [0.2, 0.25) is 0 Å². The van der Waals surface area contributed by atoms with E-state index in [1.54, 1.807) is 21.1 Å². The molecular formula is C20H22O4. The maximum atomic E-state index is 12.0. The van der Waals surface area contributed by atoms with Gasteiger partial charge in [0.25, 0.3) is 0 Å². The highest BCUT2D eigenvalue weighted by molar-refractivity contribution is 5.96. The molecule has 4 heteroatoms. The first-order valence-corrected chi connectivity index (χ1v) is 7.77. The van der Waals surface area contributed by atoms with Crippen LogP contribution in [0, 0.1) is 6.92 Å². The van der Waals surface area contributed by atoms with E-state index in [1.807, 2.05) is 49.4 Å². The Morgan fingerprint density at radius 3 is 2.17 bits per heavy atom. The van der Waals surface area contributed by atoms with Gasteiger partial charge < -0.3 is 14.2 Å². The summed E-state index contributed by atoms with van der Waals surface area (Å²) >= 11 is 0. The Bertz CT molecular complexity index is 730. The maximum Gasteiger partial charge on any atom is 0.331 e. The number of carbonyl (C=O) groups excluding carboxylic acids is 1. The molecule has 0 saturated heterocycles. The first-order chi connectivity index (χ1) is 11.6. The molecule has 0 saturated carbocycles. The third-order valence-electron chi connectivity index (χ3n) is 3.61. The second kappa shape index (κ2) is 8.20. The minimum atomic E-state index is -0.372. The van der Waals surface area contributed by atoms with E-state index < -0.39 is 0 Å². The van der Waals surface area contributed by atoms with Crippen LogP contribution in [0.4, 0.5) is 0 Å². The highest BCUT2D eigenvalue weighted by Gasteiger charge is 2.12. The average Bonchev–Trinajstić information content (AvgIpc) is 2.60. The fraction of sp³-hybridized carbons (Fsp3) is 0.250. The van der Waals surface area contributed by atoms with E-state index in [1.165, 1.54) is 6.08 Å². The Labute approximate surface area is 142 Å². The van der Waals surface area contributed by atoms with Crippen molar-refractivity contribution in [1.82, 2.24) is 0 Å². The first-order valence-electron chi connectivity index (χ1n) is 7.77. The van der Waals surface area contributed by atoms with Crippen LogP contribution in [0.25, 0.3) is 5.57 Å². The molecule has 4 nitrogen and oxygen atoms in total. The van der Waals surface area contributed by atoms with Crippen LogP contribution in [-0.2, 0) is 9.53 Å². The zero-order valence-electron chi connectivity index (χ0n) is 14.5. The van der Waals surface area contributed by atoms with E-state index in [4.69, 9.17) is 14.2 Å². The summed E-state index contributed by atoms with van der Waals surface area (Å²) in [6.07, 6.45) is 1.51. The molecule has 2 aromatic carbocycles. The van der Waals surface area contributed by atoms with Crippen LogP contribution >= 0.6 is 0 Å². The van der Waals surface area contributed by atoms with Crippen molar-refractivity contribution in [2.24, 2.45) is 0 Å². The Hall–Kier alpha value is -2.75. The van der Waals surface area contributed by atoms with Gasteiger partial charge in [-0.25, -0.2) is 4.79 Å². The molecule has 0 aliphatic carbocycles. The van der Waals surface area contributed by atoms with E-state index in [0.717, 1.165) is 22.3 Å². The molecule has 0 spiro atoms. The number of ether oxygens (including phenoxy) is 3. The Morgan fingerprint density at radius 2 is 1.58 bits per heavy atom. The number of methoxy groups -OCH3 is 2. The second-order valence-electron chi connectivity index (χ2n) is 5.25. The molecule has 0 bridgehead atoms. The summed E-state index contributed by atoms with van der Waals surface area (Å²) < 4.78 is 15.7. The number of hydrogen-bond donors (Lipinski definition) is 0. The van der Waals surface area contributed by atoms with Gasteiger partial charge in [-0.15, -0.1) is 0 Å². The molecule has 0 aromatic heterocycles. The van der Waals surface area contributed by atoms with Crippen LogP contribution in [0.15, 0.2) is 48.5 Å². The van der Waals surface area contributed by atoms with Crippen LogP contribution in [0.3, 0.4) is 0 Å². The molecule has 2 aromatic rings. The summed E-state index contributed by atoms with van der Waals surface area (Å²) in [6, 6.07) is 13.6. The van der Waals surface area contributed by atoms with Gasteiger partial charge in [0.05, 0.1) is 20.8 Å². The highest BCUT2D eigenvalue weighted by atomic mass is 16.5. The van der Waals surface area contributed by atoms with Gasteiger partial charge in [-0.05, 0) is 42.7 Å². The molecule has 0 aliphatic rings. The van der Waals surface area contributed by atoms with Crippen molar-refractivity contribution in [3.8, 4) is 11.5 Å². The molecule has 0 N–H and O–H groups in total. The van der Waals surface area contributed by atoms with Crippen molar-refractivity contribution < 1.29 is 19.0 Å². The second-order valence-corrected chi connectivity index (χ2v) is 5.25. The topological polar surface area (TPSA) is 44.8 Å². The Kier molecular flexibility index (Phi) is 6.01. The SMILES string of the molecule is CCOC(=O)C=C(c1ccc(C)cc1)c1ccc(OC)c(OC)c1. The standard InChI is InChI=1S/C20H22O4/c1-5-24-20(21)13-17(15-8-6-14(2)7-9-15)16-10-11-18(22-3)19(12-16)23-4/h6-13H,5H2,1-4H3. The van der Waals surface area contributed by atoms with Gasteiger partial charge >= 0.3 is 5.97 Å². The molecule has 0 heterocycles. The predicted molar refractivity (Wildman–Crippen MR) is 94.4 cm³/mol. The van der Waals surface area contributed by atoms with Crippen molar-refractivity contribution in [1.29, 1.82) is 0 Å². The summed E-state index contributed by atoms with van der Waals surface area (Å²) in [5, 5.41) is 0. The van der Waals surface area contributed by atoms with E-state index in [2.05, 4.69) is 0 Å². The smallest absolute Gasteiger partial charge is 0.331 e. The molecule has 126 valence electrons. The van der Waals surface area contributed by atoms with Gasteiger partial charge in [0.1, 0.15) is 0 Å². The Balaban J connectivity index is 2.53. The summed E-state index contributed by atoms with van der Waals surface area (Å²) in [5.74, 6) is 0.875. The molecule has 0 fully saturated rings. The number of rotatable bonds is 6. The highest BCUT2D eigenvalue weighted by Crippen LogP contribution is 2.33. The molecular weight excluding hydrogens is 304 g/mol. The van der Waals surface area contributed by atoms with E-state index in [0.29, 0.717) is 18.1 Å². The lowest BCUT2D eigenvalue weighted by Gasteiger charge is -2.13. The largest absolute Gasteiger partial charge is 0.493 e. The number of hydrogen-bond acceptors (Lipinski definition) is 4. The van der Waals surface area contributed by atoms with E-state index in [-0.39, 0.29) is 5.97 Å². The molecule has 0 unspecified atom stereocenters. The minimum Gasteiger partial charge on any atom is -0.493 e. The summed E-state index contributed by atoms with van der Waals surface area (Å²) in [5.41, 5.74) is 3.71. The Morgan fingerprint density at radius 1 is 0.958 bits per heavy atom. The lowest BCUT2D eigenvalue weighted by atomic mass is 9.96. The van der Waals surface area contributed by atoms with Crippen molar-refractivity contribution in [2.75, 3.05) is 20.8 Å². The third kappa shape index (κ3) is 4.16. The van der Waals surface area contributed by atoms with Crippen molar-refractivity contribution in [2.45, 2.75) is 13.8 Å². The third-order valence-corrected chi connectivity index (χ3v) is 3.61. The van der Waals surface area contributed by atoms with Crippen molar-refractivity contribution >= 4 is 11.5 Å². The molecule has 0 radical (unpaired) electrons. The summed E-state index contributed by atoms with van der Waals surface area (Å²) in [6.45, 7) is 4.14. The quantitative estimate of drug-likeness (QED) is 0.594. The summed E-state index contributed by atoms with van der Waals surface area (Å²) in [4.78, 5) is 12.0. The normalized spacial score (nSPS) is 11.1. The van der Waals surface area contributed by atoms with Crippen molar-refractivity contribution in [3.05, 3.63) is 65.2 Å². The van der Waals surface area contributed by atoms with Crippen LogP contribution in [-0.4, -0.2) is 26.8 Å². The monoisotopic (exact) mass is 326 g/mol. The predicted octanol–water partition coefficient (Wildman–Crippen LogP) is 4.01. The zero-order valence-corrected chi connectivity index (χ0v) is 14.5. The molecule has 0 amide bonds. The van der Waals surface area contributed by atoms with Crippen molar-refractivity contribution in [3.63, 3.8) is 0 Å². The molecule has 24 heavy (non-hydrogen) atoms. The molecule has 0 aliphatic heterocycles. The van der Waals surface area contributed by atoms with Gasteiger partial charge in [0.15, 0.2) is 11.5 Å². The van der Waals surface area contributed by atoms with Gasteiger partial charge in [-0.1, -0.05) is 35.9 Å². The van der Waals surface area contributed by atoms with Crippen LogP contribution in [0.1, 0.15) is 23.6 Å². The molecule has 0 atom stereocenters. The van der Waals surface area contributed by atoms with Gasteiger partial charge in [0.2, 0.25) is 0 Å². The lowest BCUT2D eigenvalue weighted by molar-refractivity contribution is -0.137. The van der Waals surface area contributed by atoms with Crippen LogP contribution < -0.4 is 9.47 Å². The zero-order chi connectivity index (χ0) is 17.5. The number of carbonyl (C=O) groups is 1. The fourth-order valence-corrected chi connectivity index (χ4v) is 2.37. The van der Waals surface area contributed by atoms with E-state index in [9.17, 15) is 4.79 Å². The fourth-order valence-electron chi connectivity index (χ4n) is 2.37. The lowest BCUT2D eigenvalue weighted by Crippen LogP contribution is -2.02. The number of esters is 1. The summed E-state index contributed by atoms with van der Waals surface area (Å²) in [7, 11) is 3.18. The minimum absolute atomic E-state index is 0.336.